The highest BCUT2D eigenvalue weighted by Crippen LogP contribution is 2.34. The van der Waals surface area contributed by atoms with E-state index in [1.807, 2.05) is 51.1 Å². The number of hydrogen-bond donors (Lipinski definition) is 7. The summed E-state index contributed by atoms with van der Waals surface area (Å²) in [5.74, 6) is -7.01. The molecule has 2 fully saturated rings. The van der Waals surface area contributed by atoms with Gasteiger partial charge in [0.25, 0.3) is 0 Å². The molecule has 103 heavy (non-hydrogen) atoms. The molecule has 2 heterocycles. The molecule has 13 atom stereocenters. The molecule has 2 aliphatic heterocycles. The second-order valence-corrected chi connectivity index (χ2v) is 28.9. The number of aliphatic hydroxyl groups is 1. The normalized spacial score (nSPS) is 17.7. The molecular formula is C75H117F3N10O15. The van der Waals surface area contributed by atoms with Gasteiger partial charge >= 0.3 is 18.3 Å². The molecule has 1 unspecified atom stereocenters. The van der Waals surface area contributed by atoms with Crippen molar-refractivity contribution in [1.82, 2.24) is 40.9 Å². The molecule has 2 aromatic carbocycles. The number of ketones is 2. The molecule has 0 spiro atoms. The van der Waals surface area contributed by atoms with Crippen LogP contribution in [0, 0.1) is 41.4 Å². The maximum atomic E-state index is 14.8. The fourth-order valence-electron chi connectivity index (χ4n) is 13.9. The monoisotopic (exact) mass is 1450 g/mol. The van der Waals surface area contributed by atoms with Gasteiger partial charge in [-0.05, 0) is 97.8 Å². The first-order valence-electron chi connectivity index (χ1n) is 36.5. The van der Waals surface area contributed by atoms with Gasteiger partial charge in [-0.15, -0.1) is 0 Å². The molecule has 28 heteroatoms. The summed E-state index contributed by atoms with van der Waals surface area (Å²) in [6, 6.07) is 8.25. The van der Waals surface area contributed by atoms with Crippen molar-refractivity contribution >= 4 is 70.7 Å². The number of benzene rings is 2. The Morgan fingerprint density at radius 2 is 1.34 bits per heavy atom. The number of halogens is 3. The van der Waals surface area contributed by atoms with Gasteiger partial charge in [0, 0.05) is 104 Å². The molecular weight excluding hydrogens is 1340 g/mol. The molecule has 4 rings (SSSR count). The predicted molar refractivity (Wildman–Crippen MR) is 383 cm³/mol. The number of nitrogens with zero attached hydrogens (tertiary/aromatic N) is 4. The van der Waals surface area contributed by atoms with E-state index in [-0.39, 0.29) is 126 Å². The summed E-state index contributed by atoms with van der Waals surface area (Å²) >= 11 is 0. The highest BCUT2D eigenvalue weighted by atomic mass is 19.4. The number of anilines is 1. The zero-order valence-corrected chi connectivity index (χ0v) is 62.9. The number of imide groups is 1. The number of carbonyl (C=O) groups excluding carboxylic acids is 11. The fourth-order valence-corrected chi connectivity index (χ4v) is 13.9. The number of amides is 10. The van der Waals surface area contributed by atoms with Crippen LogP contribution >= 0.6 is 0 Å². The molecule has 2 saturated heterocycles. The lowest BCUT2D eigenvalue weighted by atomic mass is 9.85. The quantitative estimate of drug-likeness (QED) is 0.0240. The second-order valence-electron chi connectivity index (χ2n) is 28.9. The highest BCUT2D eigenvalue weighted by Gasteiger charge is 2.45. The number of methoxy groups -OCH3 is 2. The lowest BCUT2D eigenvalue weighted by Crippen LogP contribution is -2.60. The molecule has 0 bridgehead atoms. The van der Waals surface area contributed by atoms with Gasteiger partial charge in [-0.25, -0.2) is 9.59 Å². The van der Waals surface area contributed by atoms with Crippen LogP contribution in [0.5, 0.6) is 0 Å². The molecule has 0 saturated carbocycles. The van der Waals surface area contributed by atoms with Gasteiger partial charge < -0.3 is 61.0 Å². The van der Waals surface area contributed by atoms with E-state index in [9.17, 15) is 71.0 Å². The zero-order valence-electron chi connectivity index (χ0n) is 62.9. The van der Waals surface area contributed by atoms with Crippen molar-refractivity contribution in [3.8, 4) is 0 Å². The summed E-state index contributed by atoms with van der Waals surface area (Å²) in [4.78, 5) is 153. The molecule has 578 valence electrons. The topological polar surface area (TPSA) is 335 Å². The number of hydrogen-bond acceptors (Lipinski definition) is 16. The van der Waals surface area contributed by atoms with Gasteiger partial charge in [0.15, 0.2) is 5.78 Å². The Kier molecular flexibility index (Phi) is 36.7. The number of aliphatic hydroxyl groups excluding tert-OH is 1. The van der Waals surface area contributed by atoms with Crippen LogP contribution in [0.4, 0.5) is 28.4 Å². The van der Waals surface area contributed by atoms with E-state index in [4.69, 9.17) is 19.9 Å². The minimum atomic E-state index is -4.72. The van der Waals surface area contributed by atoms with E-state index in [0.29, 0.717) is 49.9 Å². The lowest BCUT2D eigenvalue weighted by Gasteiger charge is -2.41. The van der Waals surface area contributed by atoms with Gasteiger partial charge in [-0.3, -0.25) is 53.4 Å². The Labute approximate surface area is 606 Å². The van der Waals surface area contributed by atoms with Crippen molar-refractivity contribution in [2.24, 2.45) is 47.2 Å². The van der Waals surface area contributed by atoms with Crippen LogP contribution in [0.3, 0.4) is 0 Å². The number of urea groups is 1. The number of rotatable bonds is 45. The number of nitrogens with one attached hydrogen (secondary N) is 5. The Hall–Kier alpha value is -7.56. The lowest BCUT2D eigenvalue weighted by molar-refractivity contribution is -0.161. The molecule has 0 aromatic heterocycles. The van der Waals surface area contributed by atoms with Crippen LogP contribution in [0.1, 0.15) is 189 Å². The average molecular weight is 1460 g/mol. The minimum Gasteiger partial charge on any atom is -0.445 e. The number of likely N-dealkylation sites (N-methyl/N-ethyl adjacent to an activating group) is 2. The average Bonchev–Trinajstić information content (AvgIpc) is 1.80. The first-order valence-corrected chi connectivity index (χ1v) is 36.5. The van der Waals surface area contributed by atoms with E-state index in [1.54, 1.807) is 77.4 Å². The van der Waals surface area contributed by atoms with Crippen LogP contribution in [-0.4, -0.2) is 199 Å². The number of nitrogens with two attached hydrogens (primary N) is 1. The van der Waals surface area contributed by atoms with E-state index in [0.717, 1.165) is 10.5 Å². The molecule has 0 aliphatic carbocycles. The van der Waals surface area contributed by atoms with Gasteiger partial charge in [0.05, 0.1) is 42.9 Å². The van der Waals surface area contributed by atoms with Gasteiger partial charge in [-0.1, -0.05) is 131 Å². The Balaban J connectivity index is 1.30. The van der Waals surface area contributed by atoms with E-state index < -0.39 is 138 Å². The zero-order chi connectivity index (χ0) is 77.0. The second kappa shape index (κ2) is 43.0. The van der Waals surface area contributed by atoms with Crippen LogP contribution in [0.25, 0.3) is 0 Å². The number of ether oxygens (including phenoxy) is 3. The van der Waals surface area contributed by atoms with Crippen LogP contribution in [0.15, 0.2) is 54.6 Å². The van der Waals surface area contributed by atoms with Crippen molar-refractivity contribution in [3.63, 3.8) is 0 Å². The summed E-state index contributed by atoms with van der Waals surface area (Å²) < 4.78 is 60.8. The first kappa shape index (κ1) is 87.8. The summed E-state index contributed by atoms with van der Waals surface area (Å²) in [6.45, 7) is 18.5. The maximum Gasteiger partial charge on any atom is 0.407 e. The highest BCUT2D eigenvalue weighted by molar-refractivity contribution is 6.02. The van der Waals surface area contributed by atoms with Crippen molar-refractivity contribution in [1.29, 1.82) is 0 Å². The minimum absolute atomic E-state index is 0.0335. The summed E-state index contributed by atoms with van der Waals surface area (Å²) in [5.41, 5.74) is 6.77. The van der Waals surface area contributed by atoms with E-state index in [1.165, 1.54) is 38.3 Å². The van der Waals surface area contributed by atoms with Crippen LogP contribution in [0.2, 0.25) is 0 Å². The van der Waals surface area contributed by atoms with Crippen LogP contribution in [-0.2, 0) is 64.0 Å². The number of Topliss-reactive ketones (excluding diaryl/α,β-unsaturated/α-hetero) is 2. The standard InChI is InChI=1S/C75H117F3N10O15/c1-15-48(8)67(58(101-13)43-63(94)87-40-24-28-55(87)69(102-14)50(10)56(89)41-49(9)68(95)52-25-18-16-19-26-52)86(12)72(98)65(46(4)5)84-71(97)66(47(6)7)85(11)60(91)30-23-38-81-74(100)103-44-51-31-33-54(34-32-51)82-70(96)53(27-22-37-80-73(79)99)42-57(90)64(45(2)3)83-59(75(76,77)78)29-20-17-21-39-88-61(92)35-36-62(88)93/h16,18-19,25-26,31-34,45-50,53,55,58-59,64-69,83,95H,15,17,20-24,27-30,35-44H2,1-14H3,(H,81,100)(H,82,96)(H,84,97)(H3,79,80,99)/t48-,49-,50-,53+,55?,58+,59-,64-,65-,66-,67-,68+,69+/m0/s1. The smallest absolute Gasteiger partial charge is 0.407 e. The largest absolute Gasteiger partial charge is 0.445 e. The molecule has 10 amide bonds. The number of alkyl carbamates (subject to hydrolysis) is 1. The first-order chi connectivity index (χ1) is 48.6. The fraction of sp³-hybridized carbons (Fsp3) is 0.693. The molecule has 2 aromatic rings. The SMILES string of the molecule is CC[C@H](C)[C@@H]([C@@H](CC(=O)N1CCCC1[C@H](OC)[C@@H](C)C(=O)C[C@H](C)[C@@H](O)c1ccccc1)OC)N(C)C(=O)[C@@H](NC(=O)[C@H](C(C)C)N(C)C(=O)CCCNC(=O)OCc1ccc(NC(=O)[C@H](CCCNC(N)=O)CC(=O)[C@@H](N[C@@H](CCCCCN2C(=O)CCC2=O)C(F)(F)F)C(C)C)cc1)C(C)C. The van der Waals surface area contributed by atoms with Crippen molar-refractivity contribution in [3.05, 3.63) is 65.7 Å². The summed E-state index contributed by atoms with van der Waals surface area (Å²) in [6.07, 6.45) is -5.15. The molecule has 0 radical (unpaired) electrons. The predicted octanol–water partition coefficient (Wildman–Crippen LogP) is 8.78. The van der Waals surface area contributed by atoms with Gasteiger partial charge in [-0.2, -0.15) is 13.2 Å². The molecule has 25 nitrogen and oxygen atoms in total. The van der Waals surface area contributed by atoms with Crippen molar-refractivity contribution < 1.29 is 85.2 Å². The van der Waals surface area contributed by atoms with Crippen molar-refractivity contribution in [2.45, 2.75) is 239 Å². The molecule has 8 N–H and O–H groups in total. The number of unbranched alkanes of at least 4 members (excludes halogenated alkanes) is 2. The Morgan fingerprint density at radius 3 is 1.91 bits per heavy atom. The summed E-state index contributed by atoms with van der Waals surface area (Å²) in [7, 11) is 6.19. The number of likely N-dealkylation sites (tertiary alicyclic amines) is 2. The van der Waals surface area contributed by atoms with Gasteiger partial charge in [0.1, 0.15) is 30.5 Å². The van der Waals surface area contributed by atoms with E-state index >= 15 is 0 Å². The Bertz CT molecular complexity index is 3070. The summed E-state index contributed by atoms with van der Waals surface area (Å²) in [5, 5.41) is 24.3. The number of alkyl halides is 3. The van der Waals surface area contributed by atoms with Gasteiger partial charge in [0.2, 0.25) is 41.4 Å². The maximum absolute atomic E-state index is 14.8. The third-order valence-electron chi connectivity index (χ3n) is 20.1. The number of carbonyl (C=O) groups is 11. The third kappa shape index (κ3) is 27.1. The van der Waals surface area contributed by atoms with Crippen molar-refractivity contribution in [2.75, 3.05) is 59.8 Å². The molecule has 2 aliphatic rings. The third-order valence-corrected chi connectivity index (χ3v) is 20.1. The van der Waals surface area contributed by atoms with Crippen LogP contribution < -0.4 is 32.3 Å². The number of primary amides is 1. The van der Waals surface area contributed by atoms with E-state index in [2.05, 4.69) is 26.6 Å². The Morgan fingerprint density at radius 1 is 0.709 bits per heavy atom.